The highest BCUT2D eigenvalue weighted by molar-refractivity contribution is 7.92. The van der Waals surface area contributed by atoms with E-state index in [2.05, 4.69) is 36.9 Å². The van der Waals surface area contributed by atoms with Gasteiger partial charge in [-0.3, -0.25) is 0 Å². The third-order valence-electron chi connectivity index (χ3n) is 10.1. The lowest BCUT2D eigenvalue weighted by molar-refractivity contribution is -0.0111. The van der Waals surface area contributed by atoms with Crippen LogP contribution in [0.2, 0.25) is 0 Å². The number of nitrogens with zero attached hydrogens (tertiary/aromatic N) is 1. The minimum atomic E-state index is -3.64. The Morgan fingerprint density at radius 1 is 1.06 bits per heavy atom. The Bertz CT molecular complexity index is 1280. The minimum Gasteiger partial charge on any atom is -0.501 e. The summed E-state index contributed by atoms with van der Waals surface area (Å²) in [5.41, 5.74) is 1.94. The van der Waals surface area contributed by atoms with Gasteiger partial charge in [-0.05, 0) is 84.8 Å². The summed E-state index contributed by atoms with van der Waals surface area (Å²) in [6.45, 7) is 14.2. The van der Waals surface area contributed by atoms with Gasteiger partial charge in [0.25, 0.3) is 0 Å². The van der Waals surface area contributed by atoms with Crippen LogP contribution in [-0.4, -0.2) is 33.9 Å². The van der Waals surface area contributed by atoms with Crippen molar-refractivity contribution in [2.45, 2.75) is 69.1 Å². The van der Waals surface area contributed by atoms with Crippen molar-refractivity contribution in [2.24, 2.45) is 28.6 Å². The maximum Gasteiger partial charge on any atom is 0.242 e. The molecular formula is C30H37NO4S. The van der Waals surface area contributed by atoms with Gasteiger partial charge in [0.1, 0.15) is 5.75 Å². The molecule has 0 heterocycles. The monoisotopic (exact) mass is 507 g/mol. The largest absolute Gasteiger partial charge is 0.501 e. The van der Waals surface area contributed by atoms with Crippen LogP contribution in [0, 0.1) is 35.2 Å². The van der Waals surface area contributed by atoms with Crippen molar-refractivity contribution < 1.29 is 17.9 Å². The second kappa shape index (κ2) is 8.80. The van der Waals surface area contributed by atoms with Gasteiger partial charge in [-0.2, -0.15) is 0 Å². The molecule has 0 N–H and O–H groups in total. The maximum absolute atomic E-state index is 14.3. The first-order valence-electron chi connectivity index (χ1n) is 13.0. The Morgan fingerprint density at radius 3 is 2.42 bits per heavy atom. The highest BCUT2D eigenvalue weighted by Crippen LogP contribution is 2.66. The third kappa shape index (κ3) is 3.49. The minimum absolute atomic E-state index is 0.0272. The summed E-state index contributed by atoms with van der Waals surface area (Å²) in [6.07, 6.45) is 11.0. The van der Waals surface area contributed by atoms with Crippen LogP contribution in [0.5, 0.6) is 5.75 Å². The van der Waals surface area contributed by atoms with Crippen molar-refractivity contribution >= 4 is 9.84 Å². The van der Waals surface area contributed by atoms with E-state index in [0.717, 1.165) is 37.0 Å². The van der Waals surface area contributed by atoms with Gasteiger partial charge in [-0.1, -0.05) is 26.0 Å². The SMILES string of the molecule is [C-]#[N+]C(C)C1=CC[C@H]2[C@@H]3CC=C4C=C(OC)CC(S(=O)(=O)c5ccc(OC)cc5)[C@]4(C)[C@H]3CC[C@]12C. The van der Waals surface area contributed by atoms with Crippen LogP contribution in [0.1, 0.15) is 52.9 Å². The van der Waals surface area contributed by atoms with E-state index < -0.39 is 20.5 Å². The van der Waals surface area contributed by atoms with Crippen LogP contribution in [0.3, 0.4) is 0 Å². The molecule has 2 unspecified atom stereocenters. The zero-order valence-electron chi connectivity index (χ0n) is 22.0. The Kier molecular flexibility index (Phi) is 6.15. The van der Waals surface area contributed by atoms with E-state index >= 15 is 0 Å². The van der Waals surface area contributed by atoms with E-state index in [1.54, 1.807) is 38.5 Å². The predicted molar refractivity (Wildman–Crippen MR) is 141 cm³/mol. The lowest BCUT2D eigenvalue weighted by atomic mass is 9.47. The molecule has 36 heavy (non-hydrogen) atoms. The van der Waals surface area contributed by atoms with Gasteiger partial charge in [-0.25, -0.2) is 15.0 Å². The van der Waals surface area contributed by atoms with Crippen molar-refractivity contribution in [1.82, 2.24) is 0 Å². The Balaban J connectivity index is 1.57. The summed E-state index contributed by atoms with van der Waals surface area (Å²) < 4.78 is 39.4. The molecule has 1 aromatic rings. The van der Waals surface area contributed by atoms with Gasteiger partial charge in [0.15, 0.2) is 9.84 Å². The van der Waals surface area contributed by atoms with E-state index in [4.69, 9.17) is 16.0 Å². The molecule has 0 bridgehead atoms. The molecular weight excluding hydrogens is 470 g/mol. The second-order valence-electron chi connectivity index (χ2n) is 11.4. The van der Waals surface area contributed by atoms with E-state index in [1.807, 2.05) is 6.92 Å². The van der Waals surface area contributed by atoms with E-state index in [-0.39, 0.29) is 17.4 Å². The second-order valence-corrected chi connectivity index (χ2v) is 13.6. The fourth-order valence-electron chi connectivity index (χ4n) is 8.15. The number of hydrogen-bond donors (Lipinski definition) is 0. The van der Waals surface area contributed by atoms with Gasteiger partial charge >= 0.3 is 0 Å². The van der Waals surface area contributed by atoms with Crippen LogP contribution >= 0.6 is 0 Å². The van der Waals surface area contributed by atoms with Crippen LogP contribution in [0.4, 0.5) is 0 Å². The molecule has 1 aromatic carbocycles. The molecule has 7 atom stereocenters. The van der Waals surface area contributed by atoms with Gasteiger partial charge < -0.3 is 14.3 Å². The molecule has 4 aliphatic rings. The van der Waals surface area contributed by atoms with Gasteiger partial charge in [0, 0.05) is 24.3 Å². The zero-order valence-corrected chi connectivity index (χ0v) is 22.8. The van der Waals surface area contributed by atoms with E-state index in [0.29, 0.717) is 28.9 Å². The molecule has 0 aromatic heterocycles. The average molecular weight is 508 g/mol. The first kappa shape index (κ1) is 25.1. The zero-order chi connectivity index (χ0) is 25.9. The molecule has 0 saturated heterocycles. The van der Waals surface area contributed by atoms with Crippen molar-refractivity contribution in [2.75, 3.05) is 14.2 Å². The molecule has 0 aliphatic heterocycles. The van der Waals surface area contributed by atoms with Crippen LogP contribution in [-0.2, 0) is 14.6 Å². The summed E-state index contributed by atoms with van der Waals surface area (Å²) in [6, 6.07) is 6.70. The summed E-state index contributed by atoms with van der Waals surface area (Å²) in [4.78, 5) is 4.20. The molecule has 0 amide bonds. The number of benzene rings is 1. The average Bonchev–Trinajstić information content (AvgIpc) is 3.24. The van der Waals surface area contributed by atoms with Gasteiger partial charge in [0.2, 0.25) is 6.04 Å². The van der Waals surface area contributed by atoms with Gasteiger partial charge in [0.05, 0.1) is 30.1 Å². The number of rotatable bonds is 5. The first-order valence-corrected chi connectivity index (χ1v) is 14.6. The quantitative estimate of drug-likeness (QED) is 0.342. The molecule has 5 rings (SSSR count). The molecule has 1 saturated carbocycles. The standard InChI is InChI=1S/C30H37NO4S/c1-19(31-4)25-13-14-26-24-12-7-20-17-22(35-6)18-28(30(20,3)27(24)15-16-29(25,26)2)36(32,33)23-10-8-21(34-5)9-11-23/h7-11,13,17,19,24,26-28H,12,14-16,18H2,1-3,5-6H3/t19?,24-,26-,27-,28?,29+,30-/m0/s1. The van der Waals surface area contributed by atoms with Crippen LogP contribution in [0.25, 0.3) is 4.85 Å². The van der Waals surface area contributed by atoms with Gasteiger partial charge in [-0.15, -0.1) is 0 Å². The fourth-order valence-corrected chi connectivity index (χ4v) is 10.3. The third-order valence-corrected chi connectivity index (χ3v) is 12.5. The number of fused-ring (bicyclic) bond motifs is 5. The predicted octanol–water partition coefficient (Wildman–Crippen LogP) is 6.39. The lowest BCUT2D eigenvalue weighted by Crippen LogP contribution is -2.55. The maximum atomic E-state index is 14.3. The molecule has 4 aliphatic carbocycles. The van der Waals surface area contributed by atoms with E-state index in [1.165, 1.54) is 5.57 Å². The highest BCUT2D eigenvalue weighted by Gasteiger charge is 2.61. The summed E-state index contributed by atoms with van der Waals surface area (Å²) in [5, 5.41) is -0.599. The van der Waals surface area contributed by atoms with E-state index in [9.17, 15) is 8.42 Å². The molecule has 5 nitrogen and oxygen atoms in total. The number of methoxy groups -OCH3 is 2. The summed E-state index contributed by atoms with van der Waals surface area (Å²) in [5.74, 6) is 2.48. The molecule has 1 fully saturated rings. The van der Waals surface area contributed by atoms with Crippen LogP contribution in [0.15, 0.2) is 64.3 Å². The van der Waals surface area contributed by atoms with Crippen molar-refractivity contribution in [3.8, 4) is 5.75 Å². The van der Waals surface area contributed by atoms with Crippen molar-refractivity contribution in [3.05, 3.63) is 70.8 Å². The summed E-state index contributed by atoms with van der Waals surface area (Å²) in [7, 11) is -0.429. The topological polar surface area (TPSA) is 57.0 Å². The normalized spacial score (nSPS) is 36.2. The Hall–Kier alpha value is -2.52. The van der Waals surface area contributed by atoms with Crippen molar-refractivity contribution in [1.29, 1.82) is 0 Å². The summed E-state index contributed by atoms with van der Waals surface area (Å²) >= 11 is 0. The molecule has 0 spiro atoms. The lowest BCUT2D eigenvalue weighted by Gasteiger charge is -2.58. The highest BCUT2D eigenvalue weighted by atomic mass is 32.2. The fraction of sp³-hybridized carbons (Fsp3) is 0.567. The molecule has 0 radical (unpaired) electrons. The molecule has 6 heteroatoms. The van der Waals surface area contributed by atoms with Crippen LogP contribution < -0.4 is 4.74 Å². The Labute approximate surface area is 216 Å². The molecule has 192 valence electrons. The number of allylic oxidation sites excluding steroid dienone is 5. The number of ether oxygens (including phenoxy) is 2. The first-order chi connectivity index (χ1) is 17.1. The Morgan fingerprint density at radius 2 is 1.78 bits per heavy atom. The number of sulfone groups is 1. The van der Waals surface area contributed by atoms with Crippen molar-refractivity contribution in [3.63, 3.8) is 0 Å². The smallest absolute Gasteiger partial charge is 0.242 e. The number of hydrogen-bond acceptors (Lipinski definition) is 4.